The number of benzene rings is 3. The third kappa shape index (κ3) is 4.37. The lowest BCUT2D eigenvalue weighted by molar-refractivity contribution is 0.0959. The molecule has 0 saturated carbocycles. The van der Waals surface area contributed by atoms with Gasteiger partial charge < -0.3 is 14.6 Å². The Morgan fingerprint density at radius 2 is 1.71 bits per heavy atom. The van der Waals surface area contributed by atoms with E-state index in [9.17, 15) is 4.79 Å². The minimum Gasteiger partial charge on any atom is -0.489 e. The molecule has 4 aromatic rings. The largest absolute Gasteiger partial charge is 0.489 e. The highest BCUT2D eigenvalue weighted by atomic mass is 32.2. The van der Waals surface area contributed by atoms with Gasteiger partial charge in [0, 0.05) is 28.8 Å². The summed E-state index contributed by atoms with van der Waals surface area (Å²) in [4.78, 5) is 18.2. The van der Waals surface area contributed by atoms with Crippen molar-refractivity contribution in [1.29, 1.82) is 0 Å². The van der Waals surface area contributed by atoms with E-state index in [0.29, 0.717) is 12.1 Å². The highest BCUT2D eigenvalue weighted by molar-refractivity contribution is 8.00. The molecule has 1 aromatic heterocycles. The lowest BCUT2D eigenvalue weighted by Crippen LogP contribution is -2.31. The Kier molecular flexibility index (Phi) is 5.88. The fourth-order valence-corrected chi connectivity index (χ4v) is 5.07. The Morgan fingerprint density at radius 3 is 2.49 bits per heavy atom. The van der Waals surface area contributed by atoms with E-state index >= 15 is 0 Å². The molecule has 5 nitrogen and oxygen atoms in total. The molecule has 174 valence electrons. The zero-order chi connectivity index (χ0) is 23.6. The fourth-order valence-electron chi connectivity index (χ4n) is 4.51. The number of aromatic nitrogens is 1. The van der Waals surface area contributed by atoms with Gasteiger partial charge in [0.05, 0.1) is 23.6 Å². The molecular formula is C29H25N3O2S. The second kappa shape index (κ2) is 9.47. The smallest absolute Gasteiger partial charge is 0.251 e. The van der Waals surface area contributed by atoms with Crippen molar-refractivity contribution in [2.24, 2.45) is 4.99 Å². The first kappa shape index (κ1) is 21.7. The Balaban J connectivity index is 1.27. The summed E-state index contributed by atoms with van der Waals surface area (Å²) in [6, 6.07) is 30.0. The average molecular weight is 480 g/mol. The van der Waals surface area contributed by atoms with E-state index in [1.165, 1.54) is 0 Å². The molecule has 0 aliphatic carbocycles. The van der Waals surface area contributed by atoms with Crippen LogP contribution in [0.3, 0.4) is 0 Å². The maximum absolute atomic E-state index is 13.0. The number of aliphatic imine (C=N–C) groups is 1. The van der Waals surface area contributed by atoms with Crippen LogP contribution in [0.5, 0.6) is 5.75 Å². The quantitative estimate of drug-likeness (QED) is 0.409. The molecule has 0 radical (unpaired) electrons. The minimum absolute atomic E-state index is 0.130. The summed E-state index contributed by atoms with van der Waals surface area (Å²) in [5.41, 5.74) is 5.79. The van der Waals surface area contributed by atoms with Crippen LogP contribution in [-0.4, -0.2) is 40.3 Å². The predicted octanol–water partition coefficient (Wildman–Crippen LogP) is 5.29. The van der Waals surface area contributed by atoms with E-state index in [2.05, 4.69) is 58.5 Å². The monoisotopic (exact) mass is 479 g/mol. The molecule has 3 heterocycles. The van der Waals surface area contributed by atoms with Crippen LogP contribution in [0.2, 0.25) is 0 Å². The zero-order valence-electron chi connectivity index (χ0n) is 19.1. The SMILES string of the molecule is O=C(NCC1=N[C@H](c2ccccc2)c2ccccc2-n2cccc21)c1ccc(OC2CSC2)cc1. The topological polar surface area (TPSA) is 55.6 Å². The highest BCUT2D eigenvalue weighted by Gasteiger charge is 2.25. The van der Waals surface area contributed by atoms with E-state index < -0.39 is 0 Å². The third-order valence-electron chi connectivity index (χ3n) is 6.38. The van der Waals surface area contributed by atoms with Crippen LogP contribution in [0.4, 0.5) is 0 Å². The van der Waals surface area contributed by atoms with E-state index in [-0.39, 0.29) is 18.1 Å². The van der Waals surface area contributed by atoms with E-state index in [1.54, 1.807) is 0 Å². The molecular weight excluding hydrogens is 454 g/mol. The lowest BCUT2D eigenvalue weighted by atomic mass is 9.97. The molecule has 0 spiro atoms. The summed E-state index contributed by atoms with van der Waals surface area (Å²) in [6.45, 7) is 0.331. The molecule has 1 N–H and O–H groups in total. The molecule has 2 aliphatic heterocycles. The predicted molar refractivity (Wildman–Crippen MR) is 141 cm³/mol. The molecule has 6 rings (SSSR count). The maximum atomic E-state index is 13.0. The van der Waals surface area contributed by atoms with Crippen molar-refractivity contribution in [3.63, 3.8) is 0 Å². The van der Waals surface area contributed by atoms with Crippen LogP contribution in [0.1, 0.15) is 33.2 Å². The highest BCUT2D eigenvalue weighted by Crippen LogP contribution is 2.34. The van der Waals surface area contributed by atoms with Gasteiger partial charge in [-0.05, 0) is 48.0 Å². The number of hydrogen-bond acceptors (Lipinski definition) is 4. The summed E-state index contributed by atoms with van der Waals surface area (Å²) in [5.74, 6) is 2.73. The van der Waals surface area contributed by atoms with E-state index in [4.69, 9.17) is 9.73 Å². The first-order chi connectivity index (χ1) is 17.3. The van der Waals surface area contributed by atoms with Crippen LogP contribution in [0.25, 0.3) is 5.69 Å². The first-order valence-corrected chi connectivity index (χ1v) is 12.9. The number of carbonyl (C=O) groups is 1. The van der Waals surface area contributed by atoms with Gasteiger partial charge in [0.1, 0.15) is 17.9 Å². The number of thioether (sulfide) groups is 1. The molecule has 3 aromatic carbocycles. The first-order valence-electron chi connectivity index (χ1n) is 11.8. The van der Waals surface area contributed by atoms with Gasteiger partial charge >= 0.3 is 0 Å². The Hall–Kier alpha value is -3.77. The summed E-state index contributed by atoms with van der Waals surface area (Å²) in [6.07, 6.45) is 2.34. The summed E-state index contributed by atoms with van der Waals surface area (Å²) >= 11 is 1.88. The van der Waals surface area contributed by atoms with Crippen molar-refractivity contribution in [2.75, 3.05) is 18.1 Å². The van der Waals surface area contributed by atoms with Crippen LogP contribution in [0, 0.1) is 0 Å². The third-order valence-corrected chi connectivity index (χ3v) is 7.59. The van der Waals surface area contributed by atoms with Gasteiger partial charge in [0.15, 0.2) is 0 Å². The average Bonchev–Trinajstić information content (AvgIpc) is 3.32. The van der Waals surface area contributed by atoms with Crippen molar-refractivity contribution >= 4 is 23.4 Å². The van der Waals surface area contributed by atoms with Crippen molar-refractivity contribution < 1.29 is 9.53 Å². The number of hydrogen-bond donors (Lipinski definition) is 1. The molecule has 1 amide bonds. The van der Waals surface area contributed by atoms with Gasteiger partial charge in [0.25, 0.3) is 5.91 Å². The summed E-state index contributed by atoms with van der Waals surface area (Å²) in [7, 11) is 0. The summed E-state index contributed by atoms with van der Waals surface area (Å²) in [5, 5.41) is 3.08. The normalized spacial score (nSPS) is 16.8. The van der Waals surface area contributed by atoms with Crippen LogP contribution >= 0.6 is 11.8 Å². The van der Waals surface area contributed by atoms with Crippen molar-refractivity contribution in [3.8, 4) is 11.4 Å². The molecule has 6 heteroatoms. The van der Waals surface area contributed by atoms with Gasteiger partial charge in [-0.2, -0.15) is 11.8 Å². The Morgan fingerprint density at radius 1 is 0.943 bits per heavy atom. The van der Waals surface area contributed by atoms with Crippen molar-refractivity contribution in [3.05, 3.63) is 120 Å². The number of fused-ring (bicyclic) bond motifs is 3. The molecule has 1 fully saturated rings. The minimum atomic E-state index is -0.152. The Bertz CT molecular complexity index is 1370. The number of rotatable bonds is 6. The molecule has 2 aliphatic rings. The number of carbonyl (C=O) groups excluding carboxylic acids is 1. The van der Waals surface area contributed by atoms with Gasteiger partial charge in [-0.25, -0.2) is 0 Å². The number of nitrogens with one attached hydrogen (secondary N) is 1. The standard InChI is InChI=1S/C29H25N3O2S/c33-29(21-12-14-22(15-13-21)34-23-18-35-19-23)30-17-25-27-11-6-16-32(27)26-10-5-4-9-24(26)28(31-25)20-7-2-1-3-8-20/h1-16,23,28H,17-19H2,(H,30,33)/t28-/m1/s1. The maximum Gasteiger partial charge on any atom is 0.251 e. The van der Waals surface area contributed by atoms with Crippen LogP contribution in [0.15, 0.2) is 102 Å². The second-order valence-corrected chi connectivity index (χ2v) is 9.77. The van der Waals surface area contributed by atoms with Crippen LogP contribution < -0.4 is 10.1 Å². The molecule has 0 unspecified atom stereocenters. The van der Waals surface area contributed by atoms with Crippen molar-refractivity contribution in [2.45, 2.75) is 12.1 Å². The number of nitrogens with zero attached hydrogens (tertiary/aromatic N) is 2. The van der Waals surface area contributed by atoms with Gasteiger partial charge in [-0.15, -0.1) is 0 Å². The zero-order valence-corrected chi connectivity index (χ0v) is 19.9. The lowest BCUT2D eigenvalue weighted by Gasteiger charge is -2.25. The van der Waals surface area contributed by atoms with E-state index in [0.717, 1.165) is 45.5 Å². The van der Waals surface area contributed by atoms with Gasteiger partial charge in [-0.3, -0.25) is 9.79 Å². The van der Waals surface area contributed by atoms with E-state index in [1.807, 2.05) is 60.3 Å². The summed E-state index contributed by atoms with van der Waals surface area (Å²) < 4.78 is 8.06. The number of ether oxygens (including phenoxy) is 1. The Labute approximate surface area is 208 Å². The molecule has 35 heavy (non-hydrogen) atoms. The number of para-hydroxylation sites is 1. The molecule has 1 atom stereocenters. The fraction of sp³-hybridized carbons (Fsp3) is 0.172. The van der Waals surface area contributed by atoms with Gasteiger partial charge in [-0.1, -0.05) is 48.5 Å². The number of amides is 1. The second-order valence-electron chi connectivity index (χ2n) is 8.70. The molecule has 0 bridgehead atoms. The van der Waals surface area contributed by atoms with Gasteiger partial charge in [0.2, 0.25) is 0 Å². The molecule has 1 saturated heterocycles. The van der Waals surface area contributed by atoms with Crippen molar-refractivity contribution in [1.82, 2.24) is 9.88 Å². The van der Waals surface area contributed by atoms with Crippen LogP contribution in [-0.2, 0) is 0 Å².